The Hall–Kier alpha value is -1.59. The van der Waals surface area contributed by atoms with Crippen molar-refractivity contribution in [3.63, 3.8) is 0 Å². The number of nitrogen functional groups attached to an aromatic ring is 1. The lowest BCUT2D eigenvalue weighted by Crippen LogP contribution is -1.92. The van der Waals surface area contributed by atoms with Crippen molar-refractivity contribution in [2.75, 3.05) is 5.73 Å². The summed E-state index contributed by atoms with van der Waals surface area (Å²) in [5, 5.41) is 6.26. The Morgan fingerprint density at radius 3 is 3.00 bits per heavy atom. The summed E-state index contributed by atoms with van der Waals surface area (Å²) in [4.78, 5) is 5.02. The molecule has 0 unspecified atom stereocenters. The molecule has 2 aromatic heterocycles. The number of halogens is 1. The minimum absolute atomic E-state index is 0.509. The van der Waals surface area contributed by atoms with Gasteiger partial charge in [-0.2, -0.15) is 5.10 Å². The van der Waals surface area contributed by atoms with Gasteiger partial charge in [-0.05, 0) is 24.1 Å². The van der Waals surface area contributed by atoms with E-state index in [4.69, 9.17) is 17.3 Å². The third-order valence-corrected chi connectivity index (χ3v) is 3.84. The highest BCUT2D eigenvalue weighted by molar-refractivity contribution is 7.16. The van der Waals surface area contributed by atoms with Gasteiger partial charge < -0.3 is 5.73 Å². The van der Waals surface area contributed by atoms with Crippen LogP contribution in [0.4, 0.5) is 5.82 Å². The van der Waals surface area contributed by atoms with E-state index in [2.05, 4.69) is 16.1 Å². The van der Waals surface area contributed by atoms with Crippen molar-refractivity contribution in [2.24, 2.45) is 0 Å². The Balaban J connectivity index is 1.74. The number of anilines is 1. The molecule has 0 fully saturated rings. The molecule has 0 aliphatic heterocycles. The minimum atomic E-state index is 0.509. The second-order valence-corrected chi connectivity index (χ2v) is 5.50. The highest BCUT2D eigenvalue weighted by atomic mass is 35.5. The standard InChI is InChI=1S/C12H11ClN4S/c13-9-3-1-2-8(6-9)4-5-11-16-17-7-10(14)15-12(17)18-11/h1-3,6-7H,4-5,14H2. The van der Waals surface area contributed by atoms with Crippen LogP contribution in [-0.4, -0.2) is 14.6 Å². The zero-order valence-corrected chi connectivity index (χ0v) is 11.1. The Bertz CT molecular complexity index is 657. The number of nitrogens with zero attached hydrogens (tertiary/aromatic N) is 3. The van der Waals surface area contributed by atoms with Crippen molar-refractivity contribution in [3.05, 3.63) is 46.1 Å². The number of aryl methyl sites for hydroxylation is 2. The lowest BCUT2D eigenvalue weighted by Gasteiger charge is -1.99. The van der Waals surface area contributed by atoms with Crippen LogP contribution in [0.3, 0.4) is 0 Å². The van der Waals surface area contributed by atoms with Crippen molar-refractivity contribution < 1.29 is 0 Å². The highest BCUT2D eigenvalue weighted by Gasteiger charge is 2.06. The van der Waals surface area contributed by atoms with Gasteiger partial charge >= 0.3 is 0 Å². The summed E-state index contributed by atoms with van der Waals surface area (Å²) in [6, 6.07) is 7.90. The van der Waals surface area contributed by atoms with Crippen molar-refractivity contribution in [1.29, 1.82) is 0 Å². The third kappa shape index (κ3) is 2.32. The fraction of sp³-hybridized carbons (Fsp3) is 0.167. The number of hydrogen-bond donors (Lipinski definition) is 1. The SMILES string of the molecule is Nc1cn2nc(CCc3cccc(Cl)c3)sc2n1. The monoisotopic (exact) mass is 278 g/mol. The van der Waals surface area contributed by atoms with Crippen LogP contribution in [0.25, 0.3) is 4.96 Å². The maximum atomic E-state index is 5.95. The average molecular weight is 279 g/mol. The first-order valence-electron chi connectivity index (χ1n) is 5.56. The number of aromatic nitrogens is 3. The van der Waals surface area contributed by atoms with E-state index >= 15 is 0 Å². The molecule has 3 rings (SSSR count). The molecule has 0 atom stereocenters. The molecule has 18 heavy (non-hydrogen) atoms. The van der Waals surface area contributed by atoms with Gasteiger partial charge in [-0.15, -0.1) is 0 Å². The van der Waals surface area contributed by atoms with Gasteiger partial charge in [-0.1, -0.05) is 35.1 Å². The molecule has 0 spiro atoms. The van der Waals surface area contributed by atoms with E-state index in [0.29, 0.717) is 5.82 Å². The molecule has 0 bridgehead atoms. The Morgan fingerprint density at radius 2 is 2.22 bits per heavy atom. The molecule has 0 aliphatic carbocycles. The van der Waals surface area contributed by atoms with Crippen LogP contribution in [0.5, 0.6) is 0 Å². The zero-order chi connectivity index (χ0) is 12.5. The molecule has 0 radical (unpaired) electrons. The molecule has 0 saturated carbocycles. The van der Waals surface area contributed by atoms with E-state index in [1.807, 2.05) is 18.2 Å². The minimum Gasteiger partial charge on any atom is -0.382 e. The normalized spacial score (nSPS) is 11.2. The molecule has 2 N–H and O–H groups in total. The summed E-state index contributed by atoms with van der Waals surface area (Å²) in [5.41, 5.74) is 6.80. The van der Waals surface area contributed by atoms with E-state index in [9.17, 15) is 0 Å². The fourth-order valence-electron chi connectivity index (χ4n) is 1.80. The quantitative estimate of drug-likeness (QED) is 0.801. The molecule has 4 nitrogen and oxygen atoms in total. The molecular formula is C12H11ClN4S. The number of benzene rings is 1. The molecule has 6 heteroatoms. The summed E-state index contributed by atoms with van der Waals surface area (Å²) in [6.07, 6.45) is 3.54. The number of nitrogens with two attached hydrogens (primary N) is 1. The Labute approximate surface area is 113 Å². The predicted molar refractivity (Wildman–Crippen MR) is 74.1 cm³/mol. The smallest absolute Gasteiger partial charge is 0.214 e. The van der Waals surface area contributed by atoms with Crippen LogP contribution in [0.1, 0.15) is 10.6 Å². The maximum absolute atomic E-state index is 5.95. The lowest BCUT2D eigenvalue weighted by molar-refractivity contribution is 0.866. The number of fused-ring (bicyclic) bond motifs is 1. The van der Waals surface area contributed by atoms with Gasteiger partial charge in [0, 0.05) is 11.4 Å². The maximum Gasteiger partial charge on any atom is 0.214 e. The summed E-state index contributed by atoms with van der Waals surface area (Å²) in [7, 11) is 0. The summed E-state index contributed by atoms with van der Waals surface area (Å²) in [6.45, 7) is 0. The van der Waals surface area contributed by atoms with Gasteiger partial charge in [0.05, 0.1) is 6.20 Å². The summed E-state index contributed by atoms with van der Waals surface area (Å²) in [5.74, 6) is 0.509. The second-order valence-electron chi connectivity index (χ2n) is 4.02. The molecule has 2 heterocycles. The summed E-state index contributed by atoms with van der Waals surface area (Å²) < 4.78 is 1.73. The van der Waals surface area contributed by atoms with Crippen LogP contribution >= 0.6 is 22.9 Å². The third-order valence-electron chi connectivity index (χ3n) is 2.62. The van der Waals surface area contributed by atoms with Crippen LogP contribution in [0.2, 0.25) is 5.02 Å². The molecule has 1 aromatic carbocycles. The van der Waals surface area contributed by atoms with Crippen LogP contribution in [0.15, 0.2) is 30.5 Å². The second kappa shape index (κ2) is 4.59. The first kappa shape index (κ1) is 11.5. The lowest BCUT2D eigenvalue weighted by atomic mass is 10.1. The van der Waals surface area contributed by atoms with Gasteiger partial charge in [0.25, 0.3) is 0 Å². The molecule has 92 valence electrons. The number of rotatable bonds is 3. The van der Waals surface area contributed by atoms with Gasteiger partial charge in [-0.25, -0.2) is 9.50 Å². The van der Waals surface area contributed by atoms with Crippen LogP contribution < -0.4 is 5.73 Å². The van der Waals surface area contributed by atoms with Crippen LogP contribution in [-0.2, 0) is 12.8 Å². The van der Waals surface area contributed by atoms with Gasteiger partial charge in [-0.3, -0.25) is 0 Å². The van der Waals surface area contributed by atoms with Gasteiger partial charge in [0.2, 0.25) is 4.96 Å². The summed E-state index contributed by atoms with van der Waals surface area (Å²) >= 11 is 7.52. The predicted octanol–water partition coefficient (Wildman–Crippen LogP) is 2.81. The largest absolute Gasteiger partial charge is 0.382 e. The molecule has 0 saturated heterocycles. The molecule has 0 aliphatic rings. The van der Waals surface area contributed by atoms with E-state index in [1.165, 1.54) is 5.56 Å². The molecular weight excluding hydrogens is 268 g/mol. The van der Waals surface area contributed by atoms with Gasteiger partial charge in [0.15, 0.2) is 0 Å². The average Bonchev–Trinajstić information content (AvgIpc) is 2.83. The molecule has 0 amide bonds. The first-order valence-corrected chi connectivity index (χ1v) is 6.75. The highest BCUT2D eigenvalue weighted by Crippen LogP contribution is 2.18. The Morgan fingerprint density at radius 1 is 1.33 bits per heavy atom. The Kier molecular flexibility index (Phi) is 2.93. The van der Waals surface area contributed by atoms with Crippen molar-refractivity contribution >= 4 is 33.7 Å². The first-order chi connectivity index (χ1) is 8.70. The number of hydrogen-bond acceptors (Lipinski definition) is 4. The van der Waals surface area contributed by atoms with E-state index < -0.39 is 0 Å². The topological polar surface area (TPSA) is 56.2 Å². The van der Waals surface area contributed by atoms with Crippen LogP contribution in [0, 0.1) is 0 Å². The van der Waals surface area contributed by atoms with Gasteiger partial charge in [0.1, 0.15) is 10.8 Å². The van der Waals surface area contributed by atoms with E-state index in [0.717, 1.165) is 27.8 Å². The van der Waals surface area contributed by atoms with Crippen molar-refractivity contribution in [3.8, 4) is 0 Å². The van der Waals surface area contributed by atoms with Crippen molar-refractivity contribution in [2.45, 2.75) is 12.8 Å². The van der Waals surface area contributed by atoms with Crippen molar-refractivity contribution in [1.82, 2.24) is 14.6 Å². The number of imidazole rings is 1. The fourth-order valence-corrected chi connectivity index (χ4v) is 2.90. The van der Waals surface area contributed by atoms with E-state index in [1.54, 1.807) is 22.0 Å². The van der Waals surface area contributed by atoms with E-state index in [-0.39, 0.29) is 0 Å². The zero-order valence-electron chi connectivity index (χ0n) is 9.51. The molecule has 3 aromatic rings.